The molecule has 2 aromatic rings. The van der Waals surface area contributed by atoms with Gasteiger partial charge in [0.2, 0.25) is 0 Å². The molecule has 0 fully saturated rings. The van der Waals surface area contributed by atoms with Crippen LogP contribution in [0.3, 0.4) is 0 Å². The van der Waals surface area contributed by atoms with Gasteiger partial charge in [0, 0.05) is 50.2 Å². The zero-order valence-electron chi connectivity index (χ0n) is 21.1. The number of amidine groups is 1. The number of aliphatic imine (C=N–C) groups is 1. The molecule has 3 atom stereocenters. The summed E-state index contributed by atoms with van der Waals surface area (Å²) in [6.45, 7) is 14.4. The Hall–Kier alpha value is -3.28. The third-order valence-corrected chi connectivity index (χ3v) is 7.27. The maximum Gasteiger partial charge on any atom is 0.134 e. The van der Waals surface area contributed by atoms with Gasteiger partial charge >= 0.3 is 0 Å². The van der Waals surface area contributed by atoms with E-state index in [9.17, 15) is 4.39 Å². The molecule has 180 valence electrons. The normalized spacial score (nSPS) is 21.3. The third kappa shape index (κ3) is 4.41. The fraction of sp³-hybridized carbons (Fsp3) is 0.393. The molecule has 0 saturated heterocycles. The quantitative estimate of drug-likeness (QED) is 0.500. The first kappa shape index (κ1) is 23.9. The molecule has 3 unspecified atom stereocenters. The van der Waals surface area contributed by atoms with Crippen LogP contribution in [0, 0.1) is 12.7 Å². The van der Waals surface area contributed by atoms with E-state index < -0.39 is 0 Å². The molecule has 0 aromatic heterocycles. The van der Waals surface area contributed by atoms with Gasteiger partial charge in [0.15, 0.2) is 0 Å². The van der Waals surface area contributed by atoms with Gasteiger partial charge in [-0.15, -0.1) is 0 Å². The van der Waals surface area contributed by atoms with Gasteiger partial charge in [-0.05, 0) is 56.5 Å². The Labute approximate surface area is 203 Å². The monoisotopic (exact) mass is 461 g/mol. The van der Waals surface area contributed by atoms with Crippen molar-refractivity contribution in [3.8, 4) is 0 Å². The second kappa shape index (κ2) is 9.53. The molecular formula is C28H36FN5. The van der Waals surface area contributed by atoms with Crippen LogP contribution in [-0.2, 0) is 6.54 Å². The highest BCUT2D eigenvalue weighted by Crippen LogP contribution is 2.38. The Balaban J connectivity index is 1.57. The standard InChI is InChI=1S/C28H36FN5/c1-17-12-13-24(26(29)14-17)28(30-6)31-18(2)19(3)34-15-22-10-8-9-11-23(22)25(16-34)27-20(4)33(7)21(5)32-27/h8-14,18,21,25,32H,3,15-16H2,1-2,4-7H3,(H,30,31). The van der Waals surface area contributed by atoms with Crippen LogP contribution in [0.25, 0.3) is 0 Å². The zero-order chi connectivity index (χ0) is 24.6. The van der Waals surface area contributed by atoms with Gasteiger partial charge in [-0.2, -0.15) is 0 Å². The maximum absolute atomic E-state index is 14.6. The second-order valence-corrected chi connectivity index (χ2v) is 9.48. The number of hydrogen-bond donors (Lipinski definition) is 2. The number of hydrogen-bond acceptors (Lipinski definition) is 4. The molecule has 34 heavy (non-hydrogen) atoms. The van der Waals surface area contributed by atoms with Crippen molar-refractivity contribution in [1.29, 1.82) is 0 Å². The first-order valence-electron chi connectivity index (χ1n) is 11.9. The summed E-state index contributed by atoms with van der Waals surface area (Å²) in [5, 5.41) is 7.10. The van der Waals surface area contributed by atoms with E-state index in [0.29, 0.717) is 11.4 Å². The van der Waals surface area contributed by atoms with Crippen molar-refractivity contribution in [2.45, 2.75) is 52.4 Å². The van der Waals surface area contributed by atoms with Gasteiger partial charge in [-0.3, -0.25) is 4.99 Å². The second-order valence-electron chi connectivity index (χ2n) is 9.48. The van der Waals surface area contributed by atoms with Crippen molar-refractivity contribution in [1.82, 2.24) is 20.4 Å². The Morgan fingerprint density at radius 1 is 1.24 bits per heavy atom. The van der Waals surface area contributed by atoms with Crippen LogP contribution in [0.5, 0.6) is 0 Å². The Kier molecular flexibility index (Phi) is 6.69. The summed E-state index contributed by atoms with van der Waals surface area (Å²) in [5.74, 6) is 0.493. The molecular weight excluding hydrogens is 425 g/mol. The van der Waals surface area contributed by atoms with E-state index >= 15 is 0 Å². The number of nitrogens with zero attached hydrogens (tertiary/aromatic N) is 3. The highest BCUT2D eigenvalue weighted by Gasteiger charge is 2.34. The molecule has 2 aliphatic heterocycles. The Morgan fingerprint density at radius 3 is 2.62 bits per heavy atom. The molecule has 0 saturated carbocycles. The predicted octanol–water partition coefficient (Wildman–Crippen LogP) is 4.71. The summed E-state index contributed by atoms with van der Waals surface area (Å²) in [6.07, 6.45) is 0.272. The largest absolute Gasteiger partial charge is 0.368 e. The predicted molar refractivity (Wildman–Crippen MR) is 138 cm³/mol. The van der Waals surface area contributed by atoms with Crippen molar-refractivity contribution in [2.24, 2.45) is 4.99 Å². The lowest BCUT2D eigenvalue weighted by Gasteiger charge is -2.39. The van der Waals surface area contributed by atoms with Crippen LogP contribution in [-0.4, -0.2) is 48.5 Å². The summed E-state index contributed by atoms with van der Waals surface area (Å²) >= 11 is 0. The van der Waals surface area contributed by atoms with E-state index in [1.807, 2.05) is 13.0 Å². The van der Waals surface area contributed by atoms with Gasteiger partial charge in [-0.1, -0.05) is 36.9 Å². The molecule has 6 heteroatoms. The summed E-state index contributed by atoms with van der Waals surface area (Å²) in [6, 6.07) is 13.8. The summed E-state index contributed by atoms with van der Waals surface area (Å²) in [5.41, 5.74) is 7.56. The molecule has 2 heterocycles. The number of halogens is 1. The molecule has 2 aliphatic rings. The Bertz CT molecular complexity index is 1150. The van der Waals surface area contributed by atoms with E-state index in [2.05, 4.69) is 84.1 Å². The number of benzene rings is 2. The number of rotatable bonds is 5. The van der Waals surface area contributed by atoms with Crippen LogP contribution in [0.15, 0.2) is 71.1 Å². The summed E-state index contributed by atoms with van der Waals surface area (Å²) in [7, 11) is 3.82. The van der Waals surface area contributed by atoms with Crippen LogP contribution >= 0.6 is 0 Å². The lowest BCUT2D eigenvalue weighted by Crippen LogP contribution is -2.44. The minimum absolute atomic E-state index is 0.112. The topological polar surface area (TPSA) is 42.9 Å². The van der Waals surface area contributed by atoms with E-state index in [4.69, 9.17) is 0 Å². The number of allylic oxidation sites excluding steroid dienone is 1. The lowest BCUT2D eigenvalue weighted by atomic mass is 9.86. The van der Waals surface area contributed by atoms with Gasteiger partial charge in [0.25, 0.3) is 0 Å². The number of nitrogens with one attached hydrogen (secondary N) is 2. The average Bonchev–Trinajstić information content (AvgIpc) is 3.08. The molecule has 0 radical (unpaired) electrons. The number of aryl methyl sites for hydroxylation is 1. The summed E-state index contributed by atoms with van der Waals surface area (Å²) < 4.78 is 14.6. The minimum atomic E-state index is -0.272. The fourth-order valence-electron chi connectivity index (χ4n) is 4.97. The molecule has 5 nitrogen and oxygen atoms in total. The molecule has 0 amide bonds. The van der Waals surface area contributed by atoms with Crippen molar-refractivity contribution < 1.29 is 4.39 Å². The molecule has 2 aromatic carbocycles. The van der Waals surface area contributed by atoms with Crippen molar-refractivity contribution in [3.05, 3.63) is 94.2 Å². The molecule has 0 spiro atoms. The highest BCUT2D eigenvalue weighted by molar-refractivity contribution is 5.99. The first-order valence-corrected chi connectivity index (χ1v) is 11.9. The van der Waals surface area contributed by atoms with Crippen molar-refractivity contribution >= 4 is 5.84 Å². The minimum Gasteiger partial charge on any atom is -0.368 e. The van der Waals surface area contributed by atoms with Crippen LogP contribution in [0.2, 0.25) is 0 Å². The van der Waals surface area contributed by atoms with Gasteiger partial charge in [0.1, 0.15) is 11.7 Å². The van der Waals surface area contributed by atoms with E-state index in [-0.39, 0.29) is 23.9 Å². The van der Waals surface area contributed by atoms with Gasteiger partial charge in [0.05, 0.1) is 17.8 Å². The van der Waals surface area contributed by atoms with Crippen molar-refractivity contribution in [3.63, 3.8) is 0 Å². The summed E-state index contributed by atoms with van der Waals surface area (Å²) in [4.78, 5) is 8.97. The van der Waals surface area contributed by atoms with Crippen LogP contribution in [0.4, 0.5) is 4.39 Å². The molecule has 4 rings (SSSR count). The van der Waals surface area contributed by atoms with E-state index in [0.717, 1.165) is 24.4 Å². The van der Waals surface area contributed by atoms with Gasteiger partial charge in [-0.25, -0.2) is 4.39 Å². The maximum atomic E-state index is 14.6. The van der Waals surface area contributed by atoms with E-state index in [1.165, 1.54) is 28.6 Å². The van der Waals surface area contributed by atoms with Crippen LogP contribution < -0.4 is 10.6 Å². The van der Waals surface area contributed by atoms with Crippen LogP contribution in [0.1, 0.15) is 48.9 Å². The molecule has 0 bridgehead atoms. The SMILES string of the molecule is C=C(C(C)NC(=NC)c1ccc(C)cc1F)N1Cc2ccccc2C(C2=C(C)N(C)C(C)N2)C1. The smallest absolute Gasteiger partial charge is 0.134 e. The average molecular weight is 462 g/mol. The molecule has 2 N–H and O–H groups in total. The fourth-order valence-corrected chi connectivity index (χ4v) is 4.97. The lowest BCUT2D eigenvalue weighted by molar-refractivity contribution is 0.280. The number of fused-ring (bicyclic) bond motifs is 1. The highest BCUT2D eigenvalue weighted by atomic mass is 19.1. The third-order valence-electron chi connectivity index (χ3n) is 7.27. The van der Waals surface area contributed by atoms with Gasteiger partial charge < -0.3 is 20.4 Å². The van der Waals surface area contributed by atoms with Crippen molar-refractivity contribution in [2.75, 3.05) is 20.6 Å². The Morgan fingerprint density at radius 2 is 1.97 bits per heavy atom. The van der Waals surface area contributed by atoms with E-state index in [1.54, 1.807) is 13.1 Å². The molecule has 0 aliphatic carbocycles. The first-order chi connectivity index (χ1) is 16.2. The zero-order valence-corrected chi connectivity index (χ0v) is 21.1.